The summed E-state index contributed by atoms with van der Waals surface area (Å²) in [7, 11) is 0. The summed E-state index contributed by atoms with van der Waals surface area (Å²) in [5.41, 5.74) is 2.29. The van der Waals surface area contributed by atoms with Crippen molar-refractivity contribution in [1.29, 1.82) is 0 Å². The maximum atomic E-state index is 11.5. The first-order chi connectivity index (χ1) is 14.4. The molecule has 2 aromatic rings. The summed E-state index contributed by atoms with van der Waals surface area (Å²) in [6.45, 7) is 0.199. The van der Waals surface area contributed by atoms with E-state index in [4.69, 9.17) is 4.74 Å². The highest BCUT2D eigenvalue weighted by molar-refractivity contribution is 5.97. The zero-order valence-corrected chi connectivity index (χ0v) is 16.6. The molecule has 0 saturated heterocycles. The lowest BCUT2D eigenvalue weighted by molar-refractivity contribution is -0.118. The molecule has 5 rings (SSSR count). The van der Waals surface area contributed by atoms with Crippen molar-refractivity contribution in [1.82, 2.24) is 5.32 Å². The highest BCUT2D eigenvalue weighted by Gasteiger charge is 2.44. The van der Waals surface area contributed by atoms with Crippen LogP contribution in [-0.2, 0) is 16.8 Å². The summed E-state index contributed by atoms with van der Waals surface area (Å²) >= 11 is 0. The molecular weight excluding hydrogens is 384 g/mol. The second-order valence-electron chi connectivity index (χ2n) is 8.80. The number of benzene rings is 2. The van der Waals surface area contributed by atoms with E-state index in [-0.39, 0.29) is 29.5 Å². The van der Waals surface area contributed by atoms with E-state index < -0.39 is 11.7 Å². The molecule has 7 heteroatoms. The van der Waals surface area contributed by atoms with Crippen LogP contribution >= 0.6 is 0 Å². The largest absolute Gasteiger partial charge is 0.506 e. The first-order valence-corrected chi connectivity index (χ1v) is 10.4. The van der Waals surface area contributed by atoms with E-state index in [1.165, 1.54) is 11.6 Å². The summed E-state index contributed by atoms with van der Waals surface area (Å²) in [5, 5.41) is 37.1. The molecule has 0 radical (unpaired) electrons. The van der Waals surface area contributed by atoms with E-state index in [0.29, 0.717) is 17.9 Å². The molecule has 1 amide bonds. The number of hydrogen-bond donors (Lipinski definition) is 5. The minimum Gasteiger partial charge on any atom is -0.506 e. The number of aliphatic hydroxyl groups is 2. The monoisotopic (exact) mass is 410 g/mol. The van der Waals surface area contributed by atoms with E-state index in [0.717, 1.165) is 37.7 Å². The fourth-order valence-corrected chi connectivity index (χ4v) is 4.16. The average molecular weight is 410 g/mol. The smallest absolute Gasteiger partial charge is 0.262 e. The minimum absolute atomic E-state index is 0.0367. The van der Waals surface area contributed by atoms with Crippen molar-refractivity contribution in [2.24, 2.45) is 0 Å². The highest BCUT2D eigenvalue weighted by Crippen LogP contribution is 2.46. The van der Waals surface area contributed by atoms with Crippen LogP contribution in [0.4, 0.5) is 5.69 Å². The van der Waals surface area contributed by atoms with Crippen molar-refractivity contribution < 1.29 is 24.9 Å². The molecule has 7 nitrogen and oxygen atoms in total. The van der Waals surface area contributed by atoms with Gasteiger partial charge in [0.25, 0.3) is 5.91 Å². The number of ether oxygens (including phenoxy) is 1. The molecule has 2 saturated carbocycles. The molecule has 2 aliphatic carbocycles. The van der Waals surface area contributed by atoms with E-state index >= 15 is 0 Å². The number of amides is 1. The molecule has 2 fully saturated rings. The number of carbonyl (C=O) groups excluding carboxylic acids is 1. The molecular formula is C23H26N2O5. The van der Waals surface area contributed by atoms with Gasteiger partial charge < -0.3 is 30.7 Å². The topological polar surface area (TPSA) is 111 Å². The number of rotatable bonds is 7. The Balaban J connectivity index is 1.24. The summed E-state index contributed by atoms with van der Waals surface area (Å²) in [6, 6.07) is 11.3. The number of fused-ring (bicyclic) bond motifs is 1. The SMILES string of the molecule is O=C1COc2c(C(O)CNC3(Cc4ccc(C5(O)CC5)cc4)CC3)ccc(O)c2N1. The fourth-order valence-electron chi connectivity index (χ4n) is 4.16. The molecule has 1 atom stereocenters. The Labute approximate surface area is 174 Å². The molecule has 1 heterocycles. The van der Waals surface area contributed by atoms with Gasteiger partial charge in [0.1, 0.15) is 11.4 Å². The van der Waals surface area contributed by atoms with Crippen molar-refractivity contribution in [2.45, 2.75) is 49.3 Å². The van der Waals surface area contributed by atoms with Crippen LogP contribution in [0.15, 0.2) is 36.4 Å². The van der Waals surface area contributed by atoms with E-state index in [9.17, 15) is 20.1 Å². The Hall–Kier alpha value is -2.61. The maximum Gasteiger partial charge on any atom is 0.262 e. The van der Waals surface area contributed by atoms with Crippen molar-refractivity contribution in [3.05, 3.63) is 53.1 Å². The van der Waals surface area contributed by atoms with Gasteiger partial charge in [-0.05, 0) is 55.4 Å². The molecule has 2 aromatic carbocycles. The predicted molar refractivity (Wildman–Crippen MR) is 110 cm³/mol. The molecule has 30 heavy (non-hydrogen) atoms. The van der Waals surface area contributed by atoms with E-state index in [1.807, 2.05) is 12.1 Å². The first-order valence-electron chi connectivity index (χ1n) is 10.4. The van der Waals surface area contributed by atoms with Crippen LogP contribution in [0.25, 0.3) is 0 Å². The zero-order chi connectivity index (χ0) is 20.9. The average Bonchev–Trinajstić information content (AvgIpc) is 3.66. The number of hydrogen-bond acceptors (Lipinski definition) is 6. The molecule has 5 N–H and O–H groups in total. The standard InChI is InChI=1S/C23H26N2O5/c26-17-6-5-16(21-20(17)25-19(28)13-30-21)18(27)12-24-22(7-8-22)11-14-1-3-15(4-2-14)23(29)9-10-23/h1-6,18,24,26-27,29H,7-13H2,(H,25,28). The number of aliphatic hydroxyl groups excluding tert-OH is 1. The fraction of sp³-hybridized carbons (Fsp3) is 0.435. The van der Waals surface area contributed by atoms with Crippen LogP contribution in [0, 0.1) is 0 Å². The number of aromatic hydroxyl groups is 1. The van der Waals surface area contributed by atoms with Gasteiger partial charge >= 0.3 is 0 Å². The van der Waals surface area contributed by atoms with E-state index in [1.54, 1.807) is 6.07 Å². The minimum atomic E-state index is -0.835. The number of carbonyl (C=O) groups is 1. The number of anilines is 1. The Kier molecular flexibility index (Phi) is 4.50. The normalized spacial score (nSPS) is 21.2. The highest BCUT2D eigenvalue weighted by atomic mass is 16.5. The lowest BCUT2D eigenvalue weighted by Gasteiger charge is -2.25. The third-order valence-electron chi connectivity index (χ3n) is 6.42. The van der Waals surface area contributed by atoms with Gasteiger partial charge in [-0.15, -0.1) is 0 Å². The third kappa shape index (κ3) is 3.64. The summed E-state index contributed by atoms with van der Waals surface area (Å²) in [6.07, 6.45) is 3.77. The van der Waals surface area contributed by atoms with Crippen LogP contribution in [0.2, 0.25) is 0 Å². The third-order valence-corrected chi connectivity index (χ3v) is 6.42. The molecule has 0 aromatic heterocycles. The second-order valence-corrected chi connectivity index (χ2v) is 8.80. The van der Waals surface area contributed by atoms with Crippen LogP contribution in [0.3, 0.4) is 0 Å². The zero-order valence-electron chi connectivity index (χ0n) is 16.6. The summed E-state index contributed by atoms with van der Waals surface area (Å²) < 4.78 is 5.48. The van der Waals surface area contributed by atoms with Crippen LogP contribution < -0.4 is 15.4 Å². The summed E-state index contributed by atoms with van der Waals surface area (Å²) in [4.78, 5) is 11.5. The Bertz CT molecular complexity index is 980. The molecule has 1 aliphatic heterocycles. The molecule has 158 valence electrons. The van der Waals surface area contributed by atoms with Gasteiger partial charge in [0.05, 0.1) is 11.7 Å². The maximum absolute atomic E-state index is 11.5. The lowest BCUT2D eigenvalue weighted by Crippen LogP contribution is -2.37. The first kappa shape index (κ1) is 19.4. The van der Waals surface area contributed by atoms with Gasteiger partial charge in [0, 0.05) is 17.6 Å². The summed E-state index contributed by atoms with van der Waals surface area (Å²) in [5.74, 6) is -0.0957. The number of phenols is 1. The van der Waals surface area contributed by atoms with E-state index in [2.05, 4.69) is 22.8 Å². The van der Waals surface area contributed by atoms with Crippen LogP contribution in [0.5, 0.6) is 11.5 Å². The van der Waals surface area contributed by atoms with Crippen molar-refractivity contribution >= 4 is 11.6 Å². The van der Waals surface area contributed by atoms with Gasteiger partial charge in [0.2, 0.25) is 0 Å². The van der Waals surface area contributed by atoms with Gasteiger partial charge in [-0.25, -0.2) is 0 Å². The quantitative estimate of drug-likeness (QED) is 0.447. The number of phenolic OH excluding ortho intramolecular Hbond substituents is 1. The van der Waals surface area contributed by atoms with Crippen LogP contribution in [0.1, 0.15) is 48.5 Å². The molecule has 0 spiro atoms. The number of nitrogens with one attached hydrogen (secondary N) is 2. The lowest BCUT2D eigenvalue weighted by atomic mass is 9.99. The van der Waals surface area contributed by atoms with Gasteiger partial charge in [-0.2, -0.15) is 0 Å². The second kappa shape index (κ2) is 6.97. The Morgan fingerprint density at radius 3 is 2.50 bits per heavy atom. The molecule has 0 bridgehead atoms. The Morgan fingerprint density at radius 2 is 1.83 bits per heavy atom. The van der Waals surface area contributed by atoms with Crippen molar-refractivity contribution in [2.75, 3.05) is 18.5 Å². The molecule has 1 unspecified atom stereocenters. The molecule has 3 aliphatic rings. The van der Waals surface area contributed by atoms with Crippen LogP contribution in [-0.4, -0.2) is 39.9 Å². The van der Waals surface area contributed by atoms with Gasteiger partial charge in [-0.3, -0.25) is 4.79 Å². The van der Waals surface area contributed by atoms with Gasteiger partial charge in [-0.1, -0.05) is 24.3 Å². The van der Waals surface area contributed by atoms with Crippen molar-refractivity contribution in [3.63, 3.8) is 0 Å². The van der Waals surface area contributed by atoms with Crippen molar-refractivity contribution in [3.8, 4) is 11.5 Å². The number of β-amino-alcohol motifs (C(OH)–C–C–N with tert-alkyl or cyclic N) is 1. The van der Waals surface area contributed by atoms with Gasteiger partial charge in [0.15, 0.2) is 12.4 Å². The predicted octanol–water partition coefficient (Wildman–Crippen LogP) is 2.10. The Morgan fingerprint density at radius 1 is 1.10 bits per heavy atom.